The van der Waals surface area contributed by atoms with Crippen LogP contribution >= 0.6 is 0 Å². The van der Waals surface area contributed by atoms with E-state index in [0.29, 0.717) is 5.92 Å². The Morgan fingerprint density at radius 3 is 2.47 bits per heavy atom. The molecule has 2 fully saturated rings. The van der Waals surface area contributed by atoms with Crippen LogP contribution < -0.4 is 10.6 Å². The highest BCUT2D eigenvalue weighted by Crippen LogP contribution is 2.31. The van der Waals surface area contributed by atoms with Crippen molar-refractivity contribution in [2.24, 2.45) is 11.8 Å². The molecule has 0 unspecified atom stereocenters. The van der Waals surface area contributed by atoms with Crippen LogP contribution in [0.2, 0.25) is 0 Å². The van der Waals surface area contributed by atoms with E-state index in [1.165, 1.54) is 32.1 Å². The minimum atomic E-state index is 0.155. The molecule has 1 aliphatic carbocycles. The van der Waals surface area contributed by atoms with Gasteiger partial charge in [0, 0.05) is 18.6 Å². The molecule has 2 N–H and O–H groups in total. The van der Waals surface area contributed by atoms with Gasteiger partial charge in [-0.05, 0) is 39.4 Å². The molecule has 2 aliphatic rings. The van der Waals surface area contributed by atoms with Gasteiger partial charge in [0.15, 0.2) is 0 Å². The lowest BCUT2D eigenvalue weighted by Crippen LogP contribution is -2.54. The van der Waals surface area contributed by atoms with Gasteiger partial charge in [-0.25, -0.2) is 0 Å². The molecule has 0 radical (unpaired) electrons. The molecule has 0 aromatic rings. The highest BCUT2D eigenvalue weighted by atomic mass is 16.1. The van der Waals surface area contributed by atoms with E-state index in [0.717, 1.165) is 19.6 Å². The molecule has 0 aromatic carbocycles. The second kappa shape index (κ2) is 6.23. The van der Waals surface area contributed by atoms with E-state index in [4.69, 9.17) is 0 Å². The fraction of sp³-hybridized carbons (Fsp3) is 0.933. The van der Waals surface area contributed by atoms with Crippen LogP contribution in [0.3, 0.4) is 0 Å². The number of amides is 1. The van der Waals surface area contributed by atoms with Gasteiger partial charge >= 0.3 is 0 Å². The molecule has 4 heteroatoms. The van der Waals surface area contributed by atoms with Crippen LogP contribution in [0.1, 0.15) is 39.0 Å². The summed E-state index contributed by atoms with van der Waals surface area (Å²) in [7, 11) is 4.30. The number of carbonyl (C=O) groups excluding carboxylic acids is 1. The largest absolute Gasteiger partial charge is 0.354 e. The van der Waals surface area contributed by atoms with Crippen LogP contribution in [0.25, 0.3) is 0 Å². The summed E-state index contributed by atoms with van der Waals surface area (Å²) in [6.07, 6.45) is 6.33. The first-order valence-corrected chi connectivity index (χ1v) is 7.71. The Balaban J connectivity index is 1.90. The molecule has 0 bridgehead atoms. The van der Waals surface area contributed by atoms with E-state index in [-0.39, 0.29) is 17.4 Å². The van der Waals surface area contributed by atoms with E-state index >= 15 is 0 Å². The Kier molecular flexibility index (Phi) is 4.85. The van der Waals surface area contributed by atoms with Gasteiger partial charge in [0.1, 0.15) is 0 Å². The molecular formula is C15H29N3O. The summed E-state index contributed by atoms with van der Waals surface area (Å²) < 4.78 is 0. The van der Waals surface area contributed by atoms with E-state index in [2.05, 4.69) is 36.6 Å². The van der Waals surface area contributed by atoms with Crippen LogP contribution in [0.15, 0.2) is 0 Å². The van der Waals surface area contributed by atoms with Gasteiger partial charge < -0.3 is 15.5 Å². The molecular weight excluding hydrogens is 238 g/mol. The van der Waals surface area contributed by atoms with Gasteiger partial charge in [-0.2, -0.15) is 0 Å². The number of carbonyl (C=O) groups is 1. The second-order valence-electron chi connectivity index (χ2n) is 6.64. The Labute approximate surface area is 117 Å². The molecule has 4 nitrogen and oxygen atoms in total. The summed E-state index contributed by atoms with van der Waals surface area (Å²) in [6, 6.07) is 0. The Morgan fingerprint density at radius 1 is 1.26 bits per heavy atom. The molecule has 2 atom stereocenters. The first-order chi connectivity index (χ1) is 9.05. The zero-order valence-corrected chi connectivity index (χ0v) is 12.7. The SMILES string of the molecule is C[C@@H]1CNC[C@H]1C(=O)NCC1(N(C)C)CCCCC1. The summed E-state index contributed by atoms with van der Waals surface area (Å²) in [5.41, 5.74) is 0.184. The average Bonchev–Trinajstić information content (AvgIpc) is 2.83. The van der Waals surface area contributed by atoms with Crippen LogP contribution in [-0.2, 0) is 4.79 Å². The van der Waals surface area contributed by atoms with Crippen molar-refractivity contribution in [1.29, 1.82) is 0 Å². The van der Waals surface area contributed by atoms with Crippen molar-refractivity contribution in [1.82, 2.24) is 15.5 Å². The zero-order valence-electron chi connectivity index (χ0n) is 12.7. The lowest BCUT2D eigenvalue weighted by atomic mass is 9.80. The molecule has 1 saturated carbocycles. The van der Waals surface area contributed by atoms with Crippen molar-refractivity contribution in [3.8, 4) is 0 Å². The van der Waals surface area contributed by atoms with Crippen molar-refractivity contribution >= 4 is 5.91 Å². The van der Waals surface area contributed by atoms with Crippen molar-refractivity contribution in [2.45, 2.75) is 44.6 Å². The minimum absolute atomic E-state index is 0.155. The molecule has 2 rings (SSSR count). The predicted molar refractivity (Wildman–Crippen MR) is 78.0 cm³/mol. The minimum Gasteiger partial charge on any atom is -0.354 e. The maximum absolute atomic E-state index is 12.3. The summed E-state index contributed by atoms with van der Waals surface area (Å²) in [5, 5.41) is 6.53. The van der Waals surface area contributed by atoms with Crippen LogP contribution in [0, 0.1) is 11.8 Å². The summed E-state index contributed by atoms with van der Waals surface area (Å²) in [6.45, 7) is 4.77. The average molecular weight is 267 g/mol. The van der Waals surface area contributed by atoms with E-state index in [9.17, 15) is 4.79 Å². The summed E-state index contributed by atoms with van der Waals surface area (Å²) >= 11 is 0. The number of rotatable bonds is 4. The maximum Gasteiger partial charge on any atom is 0.224 e. The molecule has 1 amide bonds. The molecule has 1 aliphatic heterocycles. The maximum atomic E-state index is 12.3. The normalized spacial score (nSPS) is 30.5. The molecule has 19 heavy (non-hydrogen) atoms. The third kappa shape index (κ3) is 3.29. The number of hydrogen-bond acceptors (Lipinski definition) is 3. The quantitative estimate of drug-likeness (QED) is 0.805. The van der Waals surface area contributed by atoms with Gasteiger partial charge in [0.2, 0.25) is 5.91 Å². The molecule has 110 valence electrons. The smallest absolute Gasteiger partial charge is 0.224 e. The lowest BCUT2D eigenvalue weighted by Gasteiger charge is -2.43. The zero-order chi connectivity index (χ0) is 13.9. The Bertz CT molecular complexity index is 311. The third-order valence-electron chi connectivity index (χ3n) is 5.18. The number of nitrogens with zero attached hydrogens (tertiary/aromatic N) is 1. The van der Waals surface area contributed by atoms with Crippen LogP contribution in [0.4, 0.5) is 0 Å². The number of hydrogen-bond donors (Lipinski definition) is 2. The number of nitrogens with one attached hydrogen (secondary N) is 2. The van der Waals surface area contributed by atoms with E-state index in [1.807, 2.05) is 0 Å². The molecule has 0 aromatic heterocycles. The molecule has 1 saturated heterocycles. The predicted octanol–water partition coefficient (Wildman–Crippen LogP) is 1.22. The fourth-order valence-electron chi connectivity index (χ4n) is 3.54. The van der Waals surface area contributed by atoms with Gasteiger partial charge in [-0.3, -0.25) is 4.79 Å². The first kappa shape index (κ1) is 14.8. The van der Waals surface area contributed by atoms with E-state index in [1.54, 1.807) is 0 Å². The van der Waals surface area contributed by atoms with Gasteiger partial charge in [0.25, 0.3) is 0 Å². The molecule has 1 heterocycles. The van der Waals surface area contributed by atoms with Gasteiger partial charge in [0.05, 0.1) is 5.92 Å². The van der Waals surface area contributed by atoms with Crippen molar-refractivity contribution in [3.63, 3.8) is 0 Å². The Morgan fingerprint density at radius 2 is 1.95 bits per heavy atom. The number of likely N-dealkylation sites (N-methyl/N-ethyl adjacent to an activating group) is 1. The summed E-state index contributed by atoms with van der Waals surface area (Å²) in [4.78, 5) is 14.6. The van der Waals surface area contributed by atoms with Crippen LogP contribution in [-0.4, -0.2) is 50.1 Å². The Hall–Kier alpha value is -0.610. The monoisotopic (exact) mass is 267 g/mol. The fourth-order valence-corrected chi connectivity index (χ4v) is 3.54. The first-order valence-electron chi connectivity index (χ1n) is 7.71. The highest BCUT2D eigenvalue weighted by molar-refractivity contribution is 5.79. The third-order valence-corrected chi connectivity index (χ3v) is 5.18. The van der Waals surface area contributed by atoms with Crippen molar-refractivity contribution in [3.05, 3.63) is 0 Å². The highest BCUT2D eigenvalue weighted by Gasteiger charge is 2.36. The lowest BCUT2D eigenvalue weighted by molar-refractivity contribution is -0.126. The van der Waals surface area contributed by atoms with Gasteiger partial charge in [-0.1, -0.05) is 26.2 Å². The van der Waals surface area contributed by atoms with Crippen molar-refractivity contribution < 1.29 is 4.79 Å². The van der Waals surface area contributed by atoms with Gasteiger partial charge in [-0.15, -0.1) is 0 Å². The second-order valence-corrected chi connectivity index (χ2v) is 6.64. The van der Waals surface area contributed by atoms with Crippen molar-refractivity contribution in [2.75, 3.05) is 33.7 Å². The molecule has 0 spiro atoms. The van der Waals surface area contributed by atoms with Crippen LogP contribution in [0.5, 0.6) is 0 Å². The van der Waals surface area contributed by atoms with E-state index < -0.39 is 0 Å². The standard InChI is InChI=1S/C15H29N3O/c1-12-9-16-10-13(12)14(19)17-11-15(18(2)3)7-5-4-6-8-15/h12-13,16H,4-11H2,1-3H3,(H,17,19)/t12-,13-/m1/s1. The summed E-state index contributed by atoms with van der Waals surface area (Å²) in [5.74, 6) is 0.855. The topological polar surface area (TPSA) is 44.4 Å².